The van der Waals surface area contributed by atoms with Crippen LogP contribution in [0.15, 0.2) is 23.2 Å². The van der Waals surface area contributed by atoms with Crippen molar-refractivity contribution < 1.29 is 40.4 Å². The van der Waals surface area contributed by atoms with Crippen molar-refractivity contribution in [2.75, 3.05) is 27.1 Å². The Bertz CT molecular complexity index is 1150. The van der Waals surface area contributed by atoms with Gasteiger partial charge in [0.25, 0.3) is 5.78 Å². The summed E-state index contributed by atoms with van der Waals surface area (Å²) >= 11 is 0. The van der Waals surface area contributed by atoms with Gasteiger partial charge in [0.15, 0.2) is 4.90 Å². The predicted molar refractivity (Wildman–Crippen MR) is 93.9 cm³/mol. The van der Waals surface area contributed by atoms with Crippen molar-refractivity contribution >= 4 is 21.8 Å². The van der Waals surface area contributed by atoms with Gasteiger partial charge in [0.05, 0.1) is 33.0 Å². The van der Waals surface area contributed by atoms with Gasteiger partial charge < -0.3 is 19.9 Å². The van der Waals surface area contributed by atoms with Crippen molar-refractivity contribution in [3.05, 3.63) is 23.9 Å². The maximum absolute atomic E-state index is 12.4. The van der Waals surface area contributed by atoms with Crippen LogP contribution in [-0.4, -0.2) is 58.9 Å². The van der Waals surface area contributed by atoms with Crippen LogP contribution in [-0.2, 0) is 16.3 Å². The van der Waals surface area contributed by atoms with E-state index in [1.807, 2.05) is 0 Å². The van der Waals surface area contributed by atoms with E-state index in [0.717, 1.165) is 13.3 Å². The first kappa shape index (κ1) is 22.9. The number of nitrogen functional groups attached to an aromatic ring is 1. The first-order chi connectivity index (χ1) is 13.9. The molecule has 3 heterocycles. The number of hydrogen-bond donors (Lipinski definition) is 2. The van der Waals surface area contributed by atoms with Crippen molar-refractivity contribution in [2.24, 2.45) is 0 Å². The number of fused-ring (bicyclic) bond motifs is 1. The Morgan fingerprint density at radius 2 is 1.80 bits per heavy atom. The quantitative estimate of drug-likeness (QED) is 0.544. The summed E-state index contributed by atoms with van der Waals surface area (Å²) in [6.07, 6.45) is -4.20. The van der Waals surface area contributed by atoms with Gasteiger partial charge in [0.2, 0.25) is 23.6 Å². The first-order valence-corrected chi connectivity index (χ1v) is 9.05. The van der Waals surface area contributed by atoms with Crippen LogP contribution in [0.5, 0.6) is 17.6 Å². The third-order valence-corrected chi connectivity index (χ3v) is 4.23. The van der Waals surface area contributed by atoms with Gasteiger partial charge in [-0.05, 0) is 6.07 Å². The average molecular weight is 452 g/mol. The Morgan fingerprint density at radius 1 is 1.13 bits per heavy atom. The molecule has 3 aromatic rings. The van der Waals surface area contributed by atoms with Gasteiger partial charge in [-0.3, -0.25) is 4.55 Å². The van der Waals surface area contributed by atoms with E-state index >= 15 is 0 Å². The van der Waals surface area contributed by atoms with E-state index < -0.39 is 32.6 Å². The standard InChI is InChI=1S/C7H6F3NO4S.C7H9N5O2/c1-15-6-5(16(12,13)14)4(2-3-11-6)7(8,9)10;1-13-4-3-5(14-2)12-7(9-4)10-6(8)11-12/h2-3H,1H3,(H,12,13,14);3H,1-2H3,(H2,8,11). The second-order valence-electron chi connectivity index (χ2n) is 5.19. The highest BCUT2D eigenvalue weighted by Gasteiger charge is 2.39. The minimum atomic E-state index is -5.07. The van der Waals surface area contributed by atoms with Crippen LogP contribution in [0.25, 0.3) is 5.78 Å². The van der Waals surface area contributed by atoms with E-state index in [1.54, 1.807) is 6.07 Å². The average Bonchev–Trinajstić information content (AvgIpc) is 3.05. The molecule has 0 unspecified atom stereocenters. The molecule has 164 valence electrons. The Balaban J connectivity index is 0.000000215. The Labute approximate surface area is 167 Å². The molecule has 3 rings (SSSR count). The molecule has 0 radical (unpaired) electrons. The number of rotatable bonds is 4. The molecule has 0 bridgehead atoms. The summed E-state index contributed by atoms with van der Waals surface area (Å²) in [6.45, 7) is 0. The van der Waals surface area contributed by atoms with E-state index in [1.165, 1.54) is 18.7 Å². The van der Waals surface area contributed by atoms with E-state index in [0.29, 0.717) is 23.6 Å². The number of pyridine rings is 1. The largest absolute Gasteiger partial charge is 0.481 e. The number of nitrogens with two attached hydrogens (primary N) is 1. The van der Waals surface area contributed by atoms with Gasteiger partial charge in [0.1, 0.15) is 0 Å². The zero-order valence-corrected chi connectivity index (χ0v) is 16.4. The minimum Gasteiger partial charge on any atom is -0.481 e. The van der Waals surface area contributed by atoms with Crippen LogP contribution in [0.2, 0.25) is 0 Å². The Hall–Kier alpha value is -3.40. The Morgan fingerprint density at radius 3 is 2.30 bits per heavy atom. The van der Waals surface area contributed by atoms with Crippen LogP contribution in [0.1, 0.15) is 5.56 Å². The van der Waals surface area contributed by atoms with Crippen molar-refractivity contribution in [3.8, 4) is 17.6 Å². The van der Waals surface area contributed by atoms with E-state index in [4.69, 9.17) is 19.8 Å². The monoisotopic (exact) mass is 452 g/mol. The van der Waals surface area contributed by atoms with Gasteiger partial charge in [-0.1, -0.05) is 0 Å². The molecule has 30 heavy (non-hydrogen) atoms. The smallest absolute Gasteiger partial charge is 0.418 e. The van der Waals surface area contributed by atoms with Gasteiger partial charge in [-0.25, -0.2) is 4.98 Å². The molecule has 16 heteroatoms. The number of alkyl halides is 3. The number of aromatic nitrogens is 5. The second kappa shape index (κ2) is 8.54. The maximum atomic E-state index is 12.4. The summed E-state index contributed by atoms with van der Waals surface area (Å²) < 4.78 is 83.4. The van der Waals surface area contributed by atoms with Crippen LogP contribution < -0.4 is 19.9 Å². The molecule has 3 N–H and O–H groups in total. The summed E-state index contributed by atoms with van der Waals surface area (Å²) in [5.41, 5.74) is 3.90. The summed E-state index contributed by atoms with van der Waals surface area (Å²) in [4.78, 5) is 9.81. The molecular formula is C14H15F3N6O6S. The number of anilines is 1. The molecular weight excluding hydrogens is 437 g/mol. The fourth-order valence-corrected chi connectivity index (χ4v) is 2.95. The highest BCUT2D eigenvalue weighted by molar-refractivity contribution is 7.86. The highest BCUT2D eigenvalue weighted by atomic mass is 32.2. The van der Waals surface area contributed by atoms with Crippen LogP contribution in [0.4, 0.5) is 19.1 Å². The van der Waals surface area contributed by atoms with Gasteiger partial charge >= 0.3 is 16.3 Å². The summed E-state index contributed by atoms with van der Waals surface area (Å²) in [6, 6.07) is 2.03. The van der Waals surface area contributed by atoms with Gasteiger partial charge in [-0.15, -0.1) is 5.10 Å². The topological polar surface area (TPSA) is 164 Å². The molecule has 0 spiro atoms. The molecule has 3 aromatic heterocycles. The number of halogens is 3. The van der Waals surface area contributed by atoms with Crippen molar-refractivity contribution in [1.82, 2.24) is 24.6 Å². The molecule has 12 nitrogen and oxygen atoms in total. The fraction of sp³-hybridized carbons (Fsp3) is 0.286. The molecule has 0 aliphatic heterocycles. The number of ether oxygens (including phenoxy) is 3. The lowest BCUT2D eigenvalue weighted by Gasteiger charge is -2.12. The normalized spacial score (nSPS) is 11.6. The molecule has 0 amide bonds. The third-order valence-electron chi connectivity index (χ3n) is 3.32. The predicted octanol–water partition coefficient (Wildman–Crippen LogP) is 1.08. The zero-order chi connectivity index (χ0) is 22.7. The van der Waals surface area contributed by atoms with Gasteiger partial charge in [-0.2, -0.15) is 36.1 Å². The number of hydrogen-bond acceptors (Lipinski definition) is 10. The Kier molecular flexibility index (Phi) is 6.51. The molecule has 0 aromatic carbocycles. The lowest BCUT2D eigenvalue weighted by atomic mass is 10.2. The van der Waals surface area contributed by atoms with Crippen LogP contribution >= 0.6 is 0 Å². The molecule has 0 atom stereocenters. The number of methoxy groups -OCH3 is 3. The van der Waals surface area contributed by atoms with Gasteiger partial charge in [0, 0.05) is 6.20 Å². The first-order valence-electron chi connectivity index (χ1n) is 7.61. The summed E-state index contributed by atoms with van der Waals surface area (Å²) in [5.74, 6) is 0.554. The van der Waals surface area contributed by atoms with Crippen molar-refractivity contribution in [3.63, 3.8) is 0 Å². The lowest BCUT2D eigenvalue weighted by Crippen LogP contribution is -2.14. The third kappa shape index (κ3) is 4.95. The second-order valence-corrected chi connectivity index (χ2v) is 6.55. The summed E-state index contributed by atoms with van der Waals surface area (Å²) in [7, 11) is -1.09. The van der Waals surface area contributed by atoms with Crippen LogP contribution in [0.3, 0.4) is 0 Å². The zero-order valence-electron chi connectivity index (χ0n) is 15.6. The van der Waals surface area contributed by atoms with Crippen molar-refractivity contribution in [2.45, 2.75) is 11.1 Å². The molecule has 0 saturated carbocycles. The minimum absolute atomic E-state index is 0.143. The highest BCUT2D eigenvalue weighted by Crippen LogP contribution is 2.37. The van der Waals surface area contributed by atoms with E-state index in [-0.39, 0.29) is 5.95 Å². The van der Waals surface area contributed by atoms with E-state index in [9.17, 15) is 21.6 Å². The molecule has 0 saturated heterocycles. The van der Waals surface area contributed by atoms with Crippen molar-refractivity contribution in [1.29, 1.82) is 0 Å². The lowest BCUT2D eigenvalue weighted by molar-refractivity contribution is -0.140. The van der Waals surface area contributed by atoms with E-state index in [2.05, 4.69) is 24.8 Å². The SMILES string of the molecule is COc1cc(OC)n2nc(N)nc2n1.COc1nccc(C(F)(F)F)c1S(=O)(=O)O. The molecule has 0 aliphatic carbocycles. The fourth-order valence-electron chi connectivity index (χ4n) is 2.13. The molecule has 0 aliphatic rings. The van der Waals surface area contributed by atoms with Crippen LogP contribution in [0, 0.1) is 0 Å². The number of nitrogens with zero attached hydrogens (tertiary/aromatic N) is 5. The maximum Gasteiger partial charge on any atom is 0.418 e. The summed E-state index contributed by atoms with van der Waals surface area (Å²) in [5, 5.41) is 3.90. The molecule has 0 fully saturated rings.